The minimum atomic E-state index is 0.237. The van der Waals surface area contributed by atoms with Crippen molar-refractivity contribution in [3.05, 3.63) is 30.3 Å². The summed E-state index contributed by atoms with van der Waals surface area (Å²) in [6, 6.07) is 0. The first-order chi connectivity index (χ1) is 8.66. The van der Waals surface area contributed by atoms with E-state index in [1.807, 2.05) is 23.9 Å². The fourth-order valence-corrected chi connectivity index (χ4v) is 2.32. The Labute approximate surface area is 110 Å². The number of hydrogen-bond donors (Lipinski definition) is 0. The Morgan fingerprint density at radius 1 is 1.28 bits per heavy atom. The molecule has 0 bridgehead atoms. The molecule has 1 aliphatic heterocycles. The van der Waals surface area contributed by atoms with E-state index in [2.05, 4.69) is 29.5 Å². The number of allylic oxidation sites excluding steroid dienone is 3. The van der Waals surface area contributed by atoms with Crippen LogP contribution in [0.2, 0.25) is 0 Å². The Morgan fingerprint density at radius 3 is 2.56 bits per heavy atom. The molecule has 0 aromatic carbocycles. The second kappa shape index (κ2) is 6.05. The molecule has 1 amide bonds. The Morgan fingerprint density at radius 2 is 2.00 bits per heavy atom. The highest BCUT2D eigenvalue weighted by Crippen LogP contribution is 2.16. The van der Waals surface area contributed by atoms with Crippen LogP contribution in [-0.4, -0.2) is 67.4 Å². The second-order valence-corrected chi connectivity index (χ2v) is 5.07. The molecule has 2 aliphatic rings. The molecular weight excluding hydrogens is 226 g/mol. The molecule has 1 heterocycles. The van der Waals surface area contributed by atoms with Crippen LogP contribution in [0.5, 0.6) is 0 Å². The molecule has 0 aromatic heterocycles. The van der Waals surface area contributed by atoms with Crippen molar-refractivity contribution in [1.29, 1.82) is 0 Å². The van der Waals surface area contributed by atoms with Crippen LogP contribution < -0.4 is 0 Å². The number of amides is 1. The van der Waals surface area contributed by atoms with Crippen LogP contribution in [0.4, 0.5) is 0 Å². The number of piperazine rings is 1. The summed E-state index contributed by atoms with van der Waals surface area (Å²) >= 11 is 0. The highest BCUT2D eigenvalue weighted by Gasteiger charge is 2.21. The summed E-state index contributed by atoms with van der Waals surface area (Å²) in [6.45, 7) is 4.06. The summed E-state index contributed by atoms with van der Waals surface area (Å²) < 4.78 is 0. The molecule has 0 saturated carbocycles. The standard InChI is InChI=1S/C14H22N3O/c1-15(2)12-14(18)17-10-8-16(9-11-17)13-6-4-3-5-7-13/h3-4,6-7H,5,8-12H2,1-2H3. The van der Waals surface area contributed by atoms with Gasteiger partial charge >= 0.3 is 0 Å². The average Bonchev–Trinajstić information content (AvgIpc) is 2.39. The maximum Gasteiger partial charge on any atom is 0.236 e. The van der Waals surface area contributed by atoms with Gasteiger partial charge in [0.25, 0.3) is 0 Å². The number of carbonyl (C=O) groups is 1. The maximum atomic E-state index is 11.9. The molecule has 4 nitrogen and oxygen atoms in total. The van der Waals surface area contributed by atoms with Crippen molar-refractivity contribution < 1.29 is 4.79 Å². The van der Waals surface area contributed by atoms with Gasteiger partial charge in [0.1, 0.15) is 0 Å². The van der Waals surface area contributed by atoms with E-state index in [1.165, 1.54) is 5.70 Å². The van der Waals surface area contributed by atoms with Crippen LogP contribution in [0.3, 0.4) is 0 Å². The summed E-state index contributed by atoms with van der Waals surface area (Å²) in [4.78, 5) is 18.2. The van der Waals surface area contributed by atoms with Crippen LogP contribution in [0.25, 0.3) is 0 Å². The van der Waals surface area contributed by atoms with Crippen LogP contribution in [0.15, 0.2) is 23.9 Å². The zero-order chi connectivity index (χ0) is 13.0. The molecule has 18 heavy (non-hydrogen) atoms. The number of carbonyl (C=O) groups excluding carboxylic acids is 1. The van der Waals surface area contributed by atoms with Gasteiger partial charge < -0.3 is 14.7 Å². The minimum Gasteiger partial charge on any atom is -0.368 e. The number of nitrogens with zero attached hydrogens (tertiary/aromatic N) is 3. The first kappa shape index (κ1) is 13.1. The molecule has 0 spiro atoms. The van der Waals surface area contributed by atoms with Crippen LogP contribution in [-0.2, 0) is 4.79 Å². The fraction of sp³-hybridized carbons (Fsp3) is 0.571. The SMILES string of the molecule is CN(C)CC(=O)N1CCN(C2=CC[CH]C=C2)CC1. The molecule has 0 N–H and O–H groups in total. The molecule has 0 unspecified atom stereocenters. The van der Waals surface area contributed by atoms with Crippen LogP contribution in [0, 0.1) is 6.42 Å². The molecule has 2 rings (SSSR count). The Hall–Kier alpha value is -1.29. The second-order valence-electron chi connectivity index (χ2n) is 5.07. The summed E-state index contributed by atoms with van der Waals surface area (Å²) in [6.07, 6.45) is 9.68. The minimum absolute atomic E-state index is 0.237. The highest BCUT2D eigenvalue weighted by atomic mass is 16.2. The van der Waals surface area contributed by atoms with Crippen molar-refractivity contribution in [2.75, 3.05) is 46.8 Å². The smallest absolute Gasteiger partial charge is 0.236 e. The van der Waals surface area contributed by atoms with E-state index in [9.17, 15) is 4.79 Å². The topological polar surface area (TPSA) is 26.8 Å². The van der Waals surface area contributed by atoms with Crippen molar-refractivity contribution in [2.45, 2.75) is 6.42 Å². The number of likely N-dealkylation sites (N-methyl/N-ethyl adjacent to an activating group) is 1. The lowest BCUT2D eigenvalue weighted by molar-refractivity contribution is -0.133. The van der Waals surface area contributed by atoms with Crippen LogP contribution in [0.1, 0.15) is 6.42 Å². The van der Waals surface area contributed by atoms with Gasteiger partial charge in [0.05, 0.1) is 6.54 Å². The monoisotopic (exact) mass is 248 g/mol. The van der Waals surface area contributed by atoms with Crippen molar-refractivity contribution >= 4 is 5.91 Å². The molecule has 4 heteroatoms. The van der Waals surface area contributed by atoms with Gasteiger partial charge in [-0.25, -0.2) is 0 Å². The molecule has 1 saturated heterocycles. The van der Waals surface area contributed by atoms with Gasteiger partial charge in [0.2, 0.25) is 5.91 Å². The zero-order valence-electron chi connectivity index (χ0n) is 11.3. The molecular formula is C14H22N3O. The van der Waals surface area contributed by atoms with E-state index in [0.29, 0.717) is 6.54 Å². The van der Waals surface area contributed by atoms with Crippen molar-refractivity contribution in [1.82, 2.24) is 14.7 Å². The normalized spacial score (nSPS) is 20.3. The van der Waals surface area contributed by atoms with Gasteiger partial charge in [-0.15, -0.1) is 0 Å². The lowest BCUT2D eigenvalue weighted by Gasteiger charge is -2.37. The maximum absolute atomic E-state index is 11.9. The van der Waals surface area contributed by atoms with Gasteiger partial charge in [-0.05, 0) is 33.0 Å². The van der Waals surface area contributed by atoms with Crippen molar-refractivity contribution in [2.24, 2.45) is 0 Å². The Kier molecular flexibility index (Phi) is 4.42. The third kappa shape index (κ3) is 3.35. The van der Waals surface area contributed by atoms with Gasteiger partial charge in [0.15, 0.2) is 0 Å². The predicted molar refractivity (Wildman–Crippen MR) is 72.8 cm³/mol. The third-order valence-electron chi connectivity index (χ3n) is 3.32. The van der Waals surface area contributed by atoms with E-state index in [1.54, 1.807) is 0 Å². The van der Waals surface area contributed by atoms with Gasteiger partial charge in [-0.1, -0.05) is 12.2 Å². The Balaban J connectivity index is 1.82. The predicted octanol–water partition coefficient (Wildman–Crippen LogP) is 0.740. The van der Waals surface area contributed by atoms with Gasteiger partial charge in [0, 0.05) is 31.9 Å². The summed E-state index contributed by atoms with van der Waals surface area (Å²) in [5.41, 5.74) is 1.30. The molecule has 1 aliphatic carbocycles. The fourth-order valence-electron chi connectivity index (χ4n) is 2.32. The highest BCUT2D eigenvalue weighted by molar-refractivity contribution is 5.78. The summed E-state index contributed by atoms with van der Waals surface area (Å²) in [7, 11) is 3.87. The first-order valence-electron chi connectivity index (χ1n) is 6.54. The van der Waals surface area contributed by atoms with E-state index in [0.717, 1.165) is 32.6 Å². The summed E-state index contributed by atoms with van der Waals surface area (Å²) in [5, 5.41) is 0. The number of hydrogen-bond acceptors (Lipinski definition) is 3. The van der Waals surface area contributed by atoms with Gasteiger partial charge in [-0.3, -0.25) is 4.79 Å². The zero-order valence-corrected chi connectivity index (χ0v) is 11.3. The quantitative estimate of drug-likeness (QED) is 0.737. The largest absolute Gasteiger partial charge is 0.368 e. The van der Waals surface area contributed by atoms with E-state index in [4.69, 9.17) is 0 Å². The van der Waals surface area contributed by atoms with E-state index in [-0.39, 0.29) is 5.91 Å². The average molecular weight is 248 g/mol. The van der Waals surface area contributed by atoms with Gasteiger partial charge in [-0.2, -0.15) is 0 Å². The first-order valence-corrected chi connectivity index (χ1v) is 6.54. The summed E-state index contributed by atoms with van der Waals surface area (Å²) in [5.74, 6) is 0.237. The van der Waals surface area contributed by atoms with Crippen molar-refractivity contribution in [3.63, 3.8) is 0 Å². The third-order valence-corrected chi connectivity index (χ3v) is 3.32. The molecule has 0 aromatic rings. The Bertz CT molecular complexity index is 352. The van der Waals surface area contributed by atoms with E-state index < -0.39 is 0 Å². The molecule has 1 radical (unpaired) electrons. The molecule has 99 valence electrons. The molecule has 1 fully saturated rings. The van der Waals surface area contributed by atoms with Crippen LogP contribution >= 0.6 is 0 Å². The lowest BCUT2D eigenvalue weighted by atomic mass is 10.1. The molecule has 0 atom stereocenters. The lowest BCUT2D eigenvalue weighted by Crippen LogP contribution is -2.50. The van der Waals surface area contributed by atoms with Crippen molar-refractivity contribution in [3.8, 4) is 0 Å². The number of rotatable bonds is 3. The van der Waals surface area contributed by atoms with E-state index >= 15 is 0 Å².